The summed E-state index contributed by atoms with van der Waals surface area (Å²) in [6.07, 6.45) is 13.3. The quantitative estimate of drug-likeness (QED) is 0.344. The summed E-state index contributed by atoms with van der Waals surface area (Å²) < 4.78 is 11.0. The molecule has 0 saturated carbocycles. The maximum Gasteiger partial charge on any atom is 0.356 e. The molecular formula is C15H33O4P. The van der Waals surface area contributed by atoms with Crippen LogP contribution in [-0.4, -0.2) is 20.2 Å². The van der Waals surface area contributed by atoms with Crippen LogP contribution in [0, 0.1) is 0 Å². The molecule has 0 bridgehead atoms. The van der Waals surface area contributed by atoms with E-state index in [0.29, 0.717) is 6.42 Å². The first-order valence-corrected chi connectivity index (χ1v) is 9.70. The molecule has 0 fully saturated rings. The molecule has 0 amide bonds. The van der Waals surface area contributed by atoms with Gasteiger partial charge < -0.3 is 14.9 Å². The lowest BCUT2D eigenvalue weighted by Gasteiger charge is -2.24. The van der Waals surface area contributed by atoms with E-state index in [-0.39, 0.29) is 6.42 Å². The molecule has 0 aliphatic rings. The van der Waals surface area contributed by atoms with Gasteiger partial charge in [-0.25, -0.2) is 0 Å². The Labute approximate surface area is 124 Å². The Kier molecular flexibility index (Phi) is 10.8. The van der Waals surface area contributed by atoms with Crippen molar-refractivity contribution in [2.45, 2.75) is 96.2 Å². The molecule has 4 nitrogen and oxygen atoms in total. The van der Waals surface area contributed by atoms with Gasteiger partial charge in [0, 0.05) is 0 Å². The lowest BCUT2D eigenvalue weighted by atomic mass is 10.0. The second kappa shape index (κ2) is 10.8. The minimum absolute atomic E-state index is 0.175. The summed E-state index contributed by atoms with van der Waals surface area (Å²) in [7, 11) is -4.39. The number of hydrogen-bond donors (Lipinski definition) is 3. The molecule has 0 spiro atoms. The molecule has 0 saturated heterocycles. The minimum atomic E-state index is -4.39. The van der Waals surface area contributed by atoms with Crippen LogP contribution < -0.4 is 0 Å². The Balaban J connectivity index is 3.35. The fraction of sp³-hybridized carbons (Fsp3) is 1.00. The molecule has 1 unspecified atom stereocenters. The fourth-order valence-electron chi connectivity index (χ4n) is 2.27. The van der Waals surface area contributed by atoms with Crippen molar-refractivity contribution in [1.82, 2.24) is 0 Å². The number of hydrogen-bond acceptors (Lipinski definition) is 2. The normalized spacial score (nSPS) is 15.2. The topological polar surface area (TPSA) is 77.8 Å². The molecule has 3 N–H and O–H groups in total. The smallest absolute Gasteiger partial charge is 0.356 e. The zero-order valence-electron chi connectivity index (χ0n) is 13.2. The van der Waals surface area contributed by atoms with Gasteiger partial charge in [0.1, 0.15) is 0 Å². The number of aliphatic hydroxyl groups is 1. The highest BCUT2D eigenvalue weighted by Gasteiger charge is 2.39. The molecule has 0 aliphatic heterocycles. The van der Waals surface area contributed by atoms with Crippen LogP contribution >= 0.6 is 7.60 Å². The van der Waals surface area contributed by atoms with Gasteiger partial charge in [0.05, 0.1) is 0 Å². The third kappa shape index (κ3) is 9.93. The van der Waals surface area contributed by atoms with Crippen molar-refractivity contribution in [1.29, 1.82) is 0 Å². The molecule has 122 valence electrons. The van der Waals surface area contributed by atoms with E-state index < -0.39 is 12.9 Å². The van der Waals surface area contributed by atoms with Crippen LogP contribution in [0.1, 0.15) is 90.9 Å². The van der Waals surface area contributed by atoms with Crippen LogP contribution in [0.25, 0.3) is 0 Å². The molecular weight excluding hydrogens is 275 g/mol. The maximum absolute atomic E-state index is 11.0. The van der Waals surface area contributed by atoms with Crippen LogP contribution in [0.4, 0.5) is 0 Å². The maximum atomic E-state index is 11.0. The van der Waals surface area contributed by atoms with Gasteiger partial charge in [0.15, 0.2) is 5.34 Å². The highest BCUT2D eigenvalue weighted by molar-refractivity contribution is 7.53. The number of rotatable bonds is 13. The van der Waals surface area contributed by atoms with E-state index in [9.17, 15) is 9.67 Å². The second-order valence-corrected chi connectivity index (χ2v) is 8.10. The summed E-state index contributed by atoms with van der Waals surface area (Å²) in [5.74, 6) is 0. The third-order valence-electron chi connectivity index (χ3n) is 3.88. The zero-order chi connectivity index (χ0) is 15.5. The van der Waals surface area contributed by atoms with E-state index >= 15 is 0 Å². The van der Waals surface area contributed by atoms with Gasteiger partial charge in [-0.2, -0.15) is 0 Å². The molecule has 0 heterocycles. The summed E-state index contributed by atoms with van der Waals surface area (Å²) >= 11 is 0. The third-order valence-corrected chi connectivity index (χ3v) is 5.36. The molecule has 0 radical (unpaired) electrons. The van der Waals surface area contributed by atoms with Crippen molar-refractivity contribution >= 4 is 7.60 Å². The first-order chi connectivity index (χ1) is 9.31. The largest absolute Gasteiger partial charge is 0.378 e. The predicted molar refractivity (Wildman–Crippen MR) is 83.7 cm³/mol. The average Bonchev–Trinajstić information content (AvgIpc) is 2.34. The van der Waals surface area contributed by atoms with E-state index in [2.05, 4.69) is 6.92 Å². The van der Waals surface area contributed by atoms with Gasteiger partial charge in [0.25, 0.3) is 0 Å². The van der Waals surface area contributed by atoms with Crippen LogP contribution in [0.5, 0.6) is 0 Å². The molecule has 0 rings (SSSR count). The fourth-order valence-corrected chi connectivity index (χ4v) is 2.72. The van der Waals surface area contributed by atoms with Crippen molar-refractivity contribution < 1.29 is 19.5 Å². The monoisotopic (exact) mass is 308 g/mol. The SMILES string of the molecule is CCCCCCCCCCCCCC(C)(O)P(=O)(O)O. The average molecular weight is 308 g/mol. The molecule has 0 aliphatic carbocycles. The molecule has 1 atom stereocenters. The van der Waals surface area contributed by atoms with Crippen molar-refractivity contribution in [3.63, 3.8) is 0 Å². The summed E-state index contributed by atoms with van der Waals surface area (Å²) in [6, 6.07) is 0. The Morgan fingerprint density at radius 3 is 1.50 bits per heavy atom. The molecule has 0 aromatic carbocycles. The van der Waals surface area contributed by atoms with Crippen molar-refractivity contribution in [3.8, 4) is 0 Å². The Morgan fingerprint density at radius 2 is 1.15 bits per heavy atom. The van der Waals surface area contributed by atoms with Crippen molar-refractivity contribution in [2.75, 3.05) is 0 Å². The minimum Gasteiger partial charge on any atom is -0.378 e. The Morgan fingerprint density at radius 1 is 0.800 bits per heavy atom. The van der Waals surface area contributed by atoms with E-state index in [1.54, 1.807) is 0 Å². The summed E-state index contributed by atoms with van der Waals surface area (Å²) in [5.41, 5.74) is 0. The van der Waals surface area contributed by atoms with E-state index in [0.717, 1.165) is 12.8 Å². The Bertz CT molecular complexity index is 273. The Hall–Kier alpha value is 0.110. The lowest BCUT2D eigenvalue weighted by molar-refractivity contribution is 0.0971. The molecule has 0 aromatic rings. The van der Waals surface area contributed by atoms with Gasteiger partial charge in [-0.1, -0.05) is 71.1 Å². The summed E-state index contributed by atoms with van der Waals surface area (Å²) in [5, 5.41) is 7.78. The van der Waals surface area contributed by atoms with Gasteiger partial charge in [-0.3, -0.25) is 4.57 Å². The highest BCUT2D eigenvalue weighted by Crippen LogP contribution is 2.51. The first-order valence-electron chi connectivity index (χ1n) is 8.09. The predicted octanol–water partition coefficient (Wildman–Crippen LogP) is 4.57. The van der Waals surface area contributed by atoms with Gasteiger partial charge >= 0.3 is 7.60 Å². The van der Waals surface area contributed by atoms with Gasteiger partial charge in [-0.15, -0.1) is 0 Å². The zero-order valence-corrected chi connectivity index (χ0v) is 14.1. The highest BCUT2D eigenvalue weighted by atomic mass is 31.2. The molecule has 20 heavy (non-hydrogen) atoms. The summed E-state index contributed by atoms with van der Waals surface area (Å²) in [4.78, 5) is 17.9. The van der Waals surface area contributed by atoms with E-state index in [1.165, 1.54) is 58.3 Å². The lowest BCUT2D eigenvalue weighted by Crippen LogP contribution is -2.23. The van der Waals surface area contributed by atoms with Crippen molar-refractivity contribution in [3.05, 3.63) is 0 Å². The molecule has 5 heteroatoms. The van der Waals surface area contributed by atoms with Crippen LogP contribution in [0.2, 0.25) is 0 Å². The first kappa shape index (κ1) is 20.1. The van der Waals surface area contributed by atoms with Gasteiger partial charge in [-0.05, 0) is 19.8 Å². The van der Waals surface area contributed by atoms with Gasteiger partial charge in [0.2, 0.25) is 0 Å². The van der Waals surface area contributed by atoms with Crippen LogP contribution in [0.15, 0.2) is 0 Å². The molecule has 0 aromatic heterocycles. The van der Waals surface area contributed by atoms with Crippen molar-refractivity contribution in [2.24, 2.45) is 0 Å². The van der Waals surface area contributed by atoms with Crippen LogP contribution in [-0.2, 0) is 4.57 Å². The number of unbranched alkanes of at least 4 members (excludes halogenated alkanes) is 10. The van der Waals surface area contributed by atoms with E-state index in [1.807, 2.05) is 0 Å². The second-order valence-electron chi connectivity index (χ2n) is 6.05. The summed E-state index contributed by atoms with van der Waals surface area (Å²) in [6.45, 7) is 3.45. The van der Waals surface area contributed by atoms with E-state index in [4.69, 9.17) is 9.79 Å². The van der Waals surface area contributed by atoms with Crippen LogP contribution in [0.3, 0.4) is 0 Å². The standard InChI is InChI=1S/C15H33O4P/c1-3-4-5-6-7-8-9-10-11-12-13-14-15(2,16)20(17,18)19/h16H,3-14H2,1-2H3,(H2,17,18,19).